The quantitative estimate of drug-likeness (QED) is 0.521. The summed E-state index contributed by atoms with van der Waals surface area (Å²) >= 11 is 5.88. The second-order valence-corrected chi connectivity index (χ2v) is 7.67. The number of nitrogens with zero attached hydrogens (tertiary/aromatic N) is 3. The predicted octanol–water partition coefficient (Wildman–Crippen LogP) is 4.22. The van der Waals surface area contributed by atoms with Gasteiger partial charge in [-0.2, -0.15) is 0 Å². The number of hydrogen-bond acceptors (Lipinski definition) is 7. The van der Waals surface area contributed by atoms with Crippen LogP contribution >= 0.6 is 11.6 Å². The molecule has 31 heavy (non-hydrogen) atoms. The lowest BCUT2D eigenvalue weighted by Crippen LogP contribution is -2.23. The summed E-state index contributed by atoms with van der Waals surface area (Å²) in [5.41, 5.74) is 1.27. The molecule has 1 aliphatic heterocycles. The van der Waals surface area contributed by atoms with E-state index in [1.54, 1.807) is 19.2 Å². The Bertz CT molecular complexity index is 1110. The molecule has 0 atom stereocenters. The maximum atomic E-state index is 13.5. The number of carbonyl (C=O) groups excluding carboxylic acids is 1. The van der Waals surface area contributed by atoms with Crippen LogP contribution in [0.3, 0.4) is 0 Å². The Balaban J connectivity index is 1.52. The van der Waals surface area contributed by atoms with E-state index in [0.29, 0.717) is 53.9 Å². The maximum absolute atomic E-state index is 13.5. The number of halogens is 2. The zero-order valence-electron chi connectivity index (χ0n) is 17.0. The molecule has 1 N–H and O–H groups in total. The minimum Gasteiger partial charge on any atom is -0.493 e. The molecule has 162 valence electrons. The number of ether oxygens (including phenoxy) is 2. The summed E-state index contributed by atoms with van der Waals surface area (Å²) in [4.78, 5) is 22.1. The summed E-state index contributed by atoms with van der Waals surface area (Å²) in [5.74, 6) is 1.48. The van der Waals surface area contributed by atoms with E-state index in [0.717, 1.165) is 24.9 Å². The van der Waals surface area contributed by atoms with E-state index in [9.17, 15) is 9.18 Å². The van der Waals surface area contributed by atoms with E-state index >= 15 is 0 Å². The molecule has 2 aromatic carbocycles. The van der Waals surface area contributed by atoms with Crippen molar-refractivity contribution in [2.45, 2.75) is 12.8 Å². The van der Waals surface area contributed by atoms with Crippen LogP contribution < -0.4 is 14.8 Å². The summed E-state index contributed by atoms with van der Waals surface area (Å²) in [6.45, 7) is 2.64. The Kier molecular flexibility index (Phi) is 6.48. The van der Waals surface area contributed by atoms with Crippen LogP contribution in [-0.2, 0) is 4.79 Å². The van der Waals surface area contributed by atoms with Crippen LogP contribution in [0.15, 0.2) is 36.7 Å². The first kappa shape index (κ1) is 21.3. The third-order valence-electron chi connectivity index (χ3n) is 5.09. The number of Topliss-reactive ketones (excluding diaryl/α,β-unsaturated/α-hetero) is 1. The molecule has 0 radical (unpaired) electrons. The zero-order chi connectivity index (χ0) is 21.8. The molecule has 0 amide bonds. The lowest BCUT2D eigenvalue weighted by Gasteiger charge is -2.16. The van der Waals surface area contributed by atoms with Gasteiger partial charge in [0, 0.05) is 36.7 Å². The number of carbonyl (C=O) groups is 1. The molecule has 7 nitrogen and oxygen atoms in total. The van der Waals surface area contributed by atoms with Crippen molar-refractivity contribution in [3.63, 3.8) is 0 Å². The highest BCUT2D eigenvalue weighted by Gasteiger charge is 2.18. The number of benzene rings is 2. The normalized spacial score (nSPS) is 14.2. The highest BCUT2D eigenvalue weighted by molar-refractivity contribution is 6.31. The van der Waals surface area contributed by atoms with E-state index in [1.807, 2.05) is 6.07 Å². The predicted molar refractivity (Wildman–Crippen MR) is 117 cm³/mol. The first-order valence-electron chi connectivity index (χ1n) is 9.95. The Morgan fingerprint density at radius 1 is 1.23 bits per heavy atom. The molecule has 1 saturated heterocycles. The van der Waals surface area contributed by atoms with Crippen molar-refractivity contribution in [1.82, 2.24) is 14.9 Å². The SMILES string of the molecule is COc1cc2ncnc(Nc3ccc(F)c(Cl)c3)c2cc1OCCCN1CCC(=O)C1. The lowest BCUT2D eigenvalue weighted by atomic mass is 10.2. The molecule has 9 heteroatoms. The number of rotatable bonds is 8. The Morgan fingerprint density at radius 2 is 2.10 bits per heavy atom. The summed E-state index contributed by atoms with van der Waals surface area (Å²) in [5, 5.41) is 3.90. The molecule has 0 saturated carbocycles. The van der Waals surface area contributed by atoms with Crippen LogP contribution in [0.4, 0.5) is 15.9 Å². The van der Waals surface area contributed by atoms with Gasteiger partial charge in [0.2, 0.25) is 0 Å². The van der Waals surface area contributed by atoms with Crippen molar-refractivity contribution in [3.05, 3.63) is 47.5 Å². The topological polar surface area (TPSA) is 76.6 Å². The van der Waals surface area contributed by atoms with Gasteiger partial charge < -0.3 is 14.8 Å². The lowest BCUT2D eigenvalue weighted by molar-refractivity contribution is -0.116. The summed E-state index contributed by atoms with van der Waals surface area (Å²) in [7, 11) is 1.57. The van der Waals surface area contributed by atoms with E-state index in [-0.39, 0.29) is 5.02 Å². The molecule has 1 fully saturated rings. The van der Waals surface area contributed by atoms with Gasteiger partial charge >= 0.3 is 0 Å². The number of ketones is 1. The number of methoxy groups -OCH3 is 1. The van der Waals surface area contributed by atoms with Crippen molar-refractivity contribution in [3.8, 4) is 11.5 Å². The van der Waals surface area contributed by atoms with Crippen molar-refractivity contribution in [2.24, 2.45) is 0 Å². The molecular weight excluding hydrogens is 423 g/mol. The maximum Gasteiger partial charge on any atom is 0.162 e. The van der Waals surface area contributed by atoms with Crippen molar-refractivity contribution in [1.29, 1.82) is 0 Å². The van der Waals surface area contributed by atoms with Crippen LogP contribution in [-0.4, -0.2) is 54.0 Å². The number of nitrogens with one attached hydrogen (secondary N) is 1. The van der Waals surface area contributed by atoms with Crippen molar-refractivity contribution < 1.29 is 18.7 Å². The average Bonchev–Trinajstić information content (AvgIpc) is 3.18. The van der Waals surface area contributed by atoms with E-state index in [2.05, 4.69) is 20.2 Å². The number of likely N-dealkylation sites (tertiary alicyclic amines) is 1. The van der Waals surface area contributed by atoms with Crippen LogP contribution in [0.2, 0.25) is 5.02 Å². The third-order valence-corrected chi connectivity index (χ3v) is 5.38. The van der Waals surface area contributed by atoms with Crippen LogP contribution in [0.1, 0.15) is 12.8 Å². The van der Waals surface area contributed by atoms with Gasteiger partial charge in [0.1, 0.15) is 23.7 Å². The summed E-state index contributed by atoms with van der Waals surface area (Å²) in [6, 6.07) is 7.98. The first-order valence-corrected chi connectivity index (χ1v) is 10.3. The summed E-state index contributed by atoms with van der Waals surface area (Å²) in [6.07, 6.45) is 2.86. The number of fused-ring (bicyclic) bond motifs is 1. The second kappa shape index (κ2) is 9.45. The smallest absolute Gasteiger partial charge is 0.162 e. The molecule has 0 aliphatic carbocycles. The van der Waals surface area contributed by atoms with Gasteiger partial charge in [-0.3, -0.25) is 9.69 Å². The van der Waals surface area contributed by atoms with Crippen LogP contribution in [0.25, 0.3) is 10.9 Å². The number of hydrogen-bond donors (Lipinski definition) is 1. The third kappa shape index (κ3) is 5.03. The van der Waals surface area contributed by atoms with Gasteiger partial charge in [0.25, 0.3) is 0 Å². The standard InChI is InChI=1S/C22H22ClFN4O3/c1-30-20-11-19-16(10-21(20)31-8-2-6-28-7-5-15(29)12-28)22(26-13-25-19)27-14-3-4-18(24)17(23)9-14/h3-4,9-11,13H,2,5-8,12H2,1H3,(H,25,26,27). The van der Waals surface area contributed by atoms with E-state index in [1.165, 1.54) is 18.5 Å². The molecular formula is C22H22ClFN4O3. The zero-order valence-corrected chi connectivity index (χ0v) is 17.8. The van der Waals surface area contributed by atoms with Gasteiger partial charge in [-0.1, -0.05) is 11.6 Å². The molecule has 0 spiro atoms. The molecule has 2 heterocycles. The second-order valence-electron chi connectivity index (χ2n) is 7.26. The van der Waals surface area contributed by atoms with Gasteiger partial charge in [0.05, 0.1) is 30.8 Å². The summed E-state index contributed by atoms with van der Waals surface area (Å²) < 4.78 is 24.9. The monoisotopic (exact) mass is 444 g/mol. The molecule has 0 bridgehead atoms. The Labute approximate surface area is 184 Å². The first-order chi connectivity index (χ1) is 15.0. The largest absolute Gasteiger partial charge is 0.493 e. The highest BCUT2D eigenvalue weighted by atomic mass is 35.5. The van der Waals surface area contributed by atoms with Gasteiger partial charge in [0.15, 0.2) is 11.5 Å². The van der Waals surface area contributed by atoms with Gasteiger partial charge in [-0.15, -0.1) is 0 Å². The van der Waals surface area contributed by atoms with E-state index < -0.39 is 5.82 Å². The Morgan fingerprint density at radius 3 is 2.84 bits per heavy atom. The van der Waals surface area contributed by atoms with E-state index in [4.69, 9.17) is 21.1 Å². The molecule has 1 aliphatic rings. The molecule has 4 rings (SSSR count). The average molecular weight is 445 g/mol. The Hall–Kier alpha value is -2.97. The number of aromatic nitrogens is 2. The van der Waals surface area contributed by atoms with Gasteiger partial charge in [-0.05, 0) is 30.7 Å². The highest BCUT2D eigenvalue weighted by Crippen LogP contribution is 2.35. The minimum atomic E-state index is -0.488. The molecule has 1 aromatic heterocycles. The van der Waals surface area contributed by atoms with Crippen LogP contribution in [0.5, 0.6) is 11.5 Å². The van der Waals surface area contributed by atoms with Crippen LogP contribution in [0, 0.1) is 5.82 Å². The van der Waals surface area contributed by atoms with Crippen molar-refractivity contribution in [2.75, 3.05) is 38.7 Å². The number of anilines is 2. The van der Waals surface area contributed by atoms with Crippen molar-refractivity contribution >= 4 is 39.8 Å². The fraction of sp³-hybridized carbons (Fsp3) is 0.318. The minimum absolute atomic E-state index is 0.0220. The molecule has 0 unspecified atom stereocenters. The molecule has 3 aromatic rings. The fourth-order valence-electron chi connectivity index (χ4n) is 3.50. The fourth-order valence-corrected chi connectivity index (χ4v) is 3.68. The van der Waals surface area contributed by atoms with Gasteiger partial charge in [-0.25, -0.2) is 14.4 Å².